The standard InChI is InChI=1S/C25H32N2O4/c1-16(22(28)27-8-2-3-9-27)31-23(29)20-4-6-21(7-5-20)26-24(30)25-13-17-10-18(14-25)12-19(11-17)15-25/h4-7,16-19H,2-3,8-15H2,1H3,(H,26,30)/t16-,17?,18?,19?,25?/m1/s1. The highest BCUT2D eigenvalue weighted by Crippen LogP contribution is 2.60. The Labute approximate surface area is 183 Å². The Hall–Kier alpha value is -2.37. The van der Waals surface area contributed by atoms with Crippen molar-refractivity contribution in [2.45, 2.75) is 64.4 Å². The minimum atomic E-state index is -0.791. The van der Waals surface area contributed by atoms with Gasteiger partial charge in [-0.05, 0) is 100 Å². The van der Waals surface area contributed by atoms with Gasteiger partial charge in [-0.25, -0.2) is 4.79 Å². The van der Waals surface area contributed by atoms with Gasteiger partial charge in [0.05, 0.1) is 11.0 Å². The quantitative estimate of drug-likeness (QED) is 0.725. The maximum absolute atomic E-state index is 13.2. The van der Waals surface area contributed by atoms with Crippen molar-refractivity contribution in [2.75, 3.05) is 18.4 Å². The summed E-state index contributed by atoms with van der Waals surface area (Å²) >= 11 is 0. The van der Waals surface area contributed by atoms with Crippen molar-refractivity contribution in [3.05, 3.63) is 29.8 Å². The molecule has 1 saturated heterocycles. The third-order valence-electron chi connectivity index (χ3n) is 7.95. The van der Waals surface area contributed by atoms with Crippen molar-refractivity contribution in [1.82, 2.24) is 4.90 Å². The molecule has 4 saturated carbocycles. The van der Waals surface area contributed by atoms with Crippen LogP contribution in [0.15, 0.2) is 24.3 Å². The highest BCUT2D eigenvalue weighted by Gasteiger charge is 2.54. The van der Waals surface area contributed by atoms with E-state index in [-0.39, 0.29) is 17.2 Å². The molecule has 31 heavy (non-hydrogen) atoms. The van der Waals surface area contributed by atoms with Gasteiger partial charge >= 0.3 is 5.97 Å². The monoisotopic (exact) mass is 424 g/mol. The van der Waals surface area contributed by atoms with Gasteiger partial charge in [0.15, 0.2) is 6.10 Å². The Morgan fingerprint density at radius 2 is 1.52 bits per heavy atom. The highest BCUT2D eigenvalue weighted by molar-refractivity contribution is 5.97. The maximum Gasteiger partial charge on any atom is 0.338 e. The summed E-state index contributed by atoms with van der Waals surface area (Å²) in [5.41, 5.74) is 0.893. The molecule has 5 aliphatic rings. The summed E-state index contributed by atoms with van der Waals surface area (Å²) in [6.45, 7) is 3.09. The minimum absolute atomic E-state index is 0.134. The Morgan fingerprint density at radius 3 is 2.06 bits per heavy atom. The summed E-state index contributed by atoms with van der Waals surface area (Å²) in [5.74, 6) is 1.66. The summed E-state index contributed by atoms with van der Waals surface area (Å²) in [6, 6.07) is 6.82. The number of carbonyl (C=O) groups excluding carboxylic acids is 3. The topological polar surface area (TPSA) is 75.7 Å². The third-order valence-corrected chi connectivity index (χ3v) is 7.95. The molecule has 166 valence electrons. The number of likely N-dealkylation sites (tertiary alicyclic amines) is 1. The molecule has 0 spiro atoms. The van der Waals surface area contributed by atoms with E-state index in [1.807, 2.05) is 0 Å². The number of esters is 1. The van der Waals surface area contributed by atoms with E-state index in [9.17, 15) is 14.4 Å². The van der Waals surface area contributed by atoms with Crippen LogP contribution in [0.5, 0.6) is 0 Å². The van der Waals surface area contributed by atoms with E-state index in [0.717, 1.165) is 62.9 Å². The SMILES string of the molecule is C[C@@H](OC(=O)c1ccc(NC(=O)C23CC4CC(CC(C4)C2)C3)cc1)C(=O)N1CCCC1. The zero-order valence-electron chi connectivity index (χ0n) is 18.3. The molecule has 1 aromatic carbocycles. The van der Waals surface area contributed by atoms with Crippen LogP contribution in [0, 0.1) is 23.2 Å². The van der Waals surface area contributed by atoms with Crippen LogP contribution in [0.2, 0.25) is 0 Å². The van der Waals surface area contributed by atoms with Gasteiger partial charge in [-0.15, -0.1) is 0 Å². The number of nitrogens with one attached hydrogen (secondary N) is 1. The molecule has 4 aliphatic carbocycles. The number of hydrogen-bond acceptors (Lipinski definition) is 4. The number of benzene rings is 1. The first-order valence-electron chi connectivity index (χ1n) is 11.8. The number of anilines is 1. The molecule has 6 nitrogen and oxygen atoms in total. The van der Waals surface area contributed by atoms with Crippen LogP contribution in [-0.4, -0.2) is 41.9 Å². The molecule has 1 N–H and O–H groups in total. The minimum Gasteiger partial charge on any atom is -0.449 e. The molecule has 1 aliphatic heterocycles. The first-order valence-corrected chi connectivity index (χ1v) is 11.8. The summed E-state index contributed by atoms with van der Waals surface area (Å²) in [6.07, 6.45) is 8.22. The van der Waals surface area contributed by atoms with Crippen LogP contribution >= 0.6 is 0 Å². The lowest BCUT2D eigenvalue weighted by molar-refractivity contribution is -0.140. The average Bonchev–Trinajstić information content (AvgIpc) is 3.27. The fraction of sp³-hybridized carbons (Fsp3) is 0.640. The summed E-state index contributed by atoms with van der Waals surface area (Å²) in [4.78, 5) is 39.7. The van der Waals surface area contributed by atoms with E-state index in [1.165, 1.54) is 19.3 Å². The molecule has 1 aromatic rings. The molecular formula is C25H32N2O4. The van der Waals surface area contributed by atoms with Gasteiger partial charge in [0.25, 0.3) is 5.91 Å². The number of amides is 2. The summed E-state index contributed by atoms with van der Waals surface area (Å²) < 4.78 is 5.38. The van der Waals surface area contributed by atoms with Crippen LogP contribution in [0.4, 0.5) is 5.69 Å². The summed E-state index contributed by atoms with van der Waals surface area (Å²) in [5, 5.41) is 3.11. The van der Waals surface area contributed by atoms with Crippen molar-refractivity contribution in [1.29, 1.82) is 0 Å². The van der Waals surface area contributed by atoms with E-state index in [2.05, 4.69) is 5.32 Å². The first kappa shape index (κ1) is 20.5. The second-order valence-corrected chi connectivity index (χ2v) is 10.3. The number of nitrogens with zero attached hydrogens (tertiary/aromatic N) is 1. The number of rotatable bonds is 5. The van der Waals surface area contributed by atoms with Crippen molar-refractivity contribution < 1.29 is 19.1 Å². The smallest absolute Gasteiger partial charge is 0.338 e. The van der Waals surface area contributed by atoms with Gasteiger partial charge in [0, 0.05) is 18.8 Å². The number of carbonyl (C=O) groups is 3. The lowest BCUT2D eigenvalue weighted by Gasteiger charge is -2.55. The molecule has 1 heterocycles. The Morgan fingerprint density at radius 1 is 0.968 bits per heavy atom. The Bertz CT molecular complexity index is 837. The fourth-order valence-electron chi connectivity index (χ4n) is 6.82. The van der Waals surface area contributed by atoms with Gasteiger partial charge in [0.1, 0.15) is 0 Å². The van der Waals surface area contributed by atoms with Gasteiger partial charge < -0.3 is 15.0 Å². The number of hydrogen-bond donors (Lipinski definition) is 1. The molecular weight excluding hydrogens is 392 g/mol. The highest BCUT2D eigenvalue weighted by atomic mass is 16.5. The first-order chi connectivity index (χ1) is 14.9. The predicted octanol–water partition coefficient (Wildman–Crippen LogP) is 4.01. The predicted molar refractivity (Wildman–Crippen MR) is 116 cm³/mol. The van der Waals surface area contributed by atoms with Gasteiger partial charge in [-0.1, -0.05) is 0 Å². The second kappa shape index (κ2) is 7.95. The van der Waals surface area contributed by atoms with Crippen LogP contribution in [0.3, 0.4) is 0 Å². The molecule has 0 radical (unpaired) electrons. The fourth-order valence-corrected chi connectivity index (χ4v) is 6.82. The van der Waals surface area contributed by atoms with Gasteiger partial charge in [0.2, 0.25) is 5.91 Å². The largest absolute Gasteiger partial charge is 0.449 e. The molecule has 0 aromatic heterocycles. The van der Waals surface area contributed by atoms with Gasteiger partial charge in [-0.3, -0.25) is 9.59 Å². The molecule has 6 heteroatoms. The van der Waals surface area contributed by atoms with E-state index >= 15 is 0 Å². The molecule has 0 unspecified atom stereocenters. The van der Waals surface area contributed by atoms with E-state index < -0.39 is 12.1 Å². The van der Waals surface area contributed by atoms with Crippen molar-refractivity contribution in [2.24, 2.45) is 23.2 Å². The zero-order chi connectivity index (χ0) is 21.6. The number of ether oxygens (including phenoxy) is 1. The van der Waals surface area contributed by atoms with Crippen molar-refractivity contribution in [3.63, 3.8) is 0 Å². The zero-order valence-corrected chi connectivity index (χ0v) is 18.3. The molecule has 6 rings (SSSR count). The second-order valence-electron chi connectivity index (χ2n) is 10.3. The lowest BCUT2D eigenvalue weighted by Crippen LogP contribution is -2.51. The van der Waals surface area contributed by atoms with Crippen LogP contribution in [0.1, 0.15) is 68.6 Å². The molecule has 2 amide bonds. The van der Waals surface area contributed by atoms with Crippen LogP contribution < -0.4 is 5.32 Å². The van der Waals surface area contributed by atoms with Crippen molar-refractivity contribution >= 4 is 23.5 Å². The molecule has 1 atom stereocenters. The Kier molecular flexibility index (Phi) is 5.27. The maximum atomic E-state index is 13.2. The van der Waals surface area contributed by atoms with Gasteiger partial charge in [-0.2, -0.15) is 0 Å². The Balaban J connectivity index is 1.19. The van der Waals surface area contributed by atoms with Crippen molar-refractivity contribution in [3.8, 4) is 0 Å². The lowest BCUT2D eigenvalue weighted by atomic mass is 9.49. The van der Waals surface area contributed by atoms with Crippen LogP contribution in [-0.2, 0) is 14.3 Å². The molecule has 5 fully saturated rings. The average molecular weight is 425 g/mol. The third kappa shape index (κ3) is 3.97. The van der Waals surface area contributed by atoms with E-state index in [1.54, 1.807) is 36.1 Å². The van der Waals surface area contributed by atoms with Crippen LogP contribution in [0.25, 0.3) is 0 Å². The van der Waals surface area contributed by atoms with E-state index in [4.69, 9.17) is 4.74 Å². The molecule has 4 bridgehead atoms. The summed E-state index contributed by atoms with van der Waals surface area (Å²) in [7, 11) is 0. The normalized spacial score (nSPS) is 32.0. The van der Waals surface area contributed by atoms with E-state index in [0.29, 0.717) is 11.3 Å².